The van der Waals surface area contributed by atoms with Crippen LogP contribution in [0.1, 0.15) is 12.0 Å². The number of anilines is 1. The first kappa shape index (κ1) is 11.9. The molecule has 1 heterocycles. The van der Waals surface area contributed by atoms with Crippen LogP contribution in [0.15, 0.2) is 18.2 Å². The molecule has 0 saturated carbocycles. The van der Waals surface area contributed by atoms with E-state index in [-0.39, 0.29) is 11.8 Å². The Labute approximate surface area is 105 Å². The summed E-state index contributed by atoms with van der Waals surface area (Å²) >= 11 is 5.82. The van der Waals surface area contributed by atoms with E-state index >= 15 is 0 Å². The summed E-state index contributed by atoms with van der Waals surface area (Å²) in [4.78, 5) is 13.4. The van der Waals surface area contributed by atoms with Crippen molar-refractivity contribution < 1.29 is 4.79 Å². The van der Waals surface area contributed by atoms with Gasteiger partial charge in [0, 0.05) is 18.0 Å². The van der Waals surface area contributed by atoms with E-state index in [1.165, 1.54) is 0 Å². The van der Waals surface area contributed by atoms with E-state index in [0.29, 0.717) is 35.8 Å². The molecule has 0 aromatic heterocycles. The molecule has 4 nitrogen and oxygen atoms in total. The standard InChI is InChI=1S/C12H12ClN3O/c13-10-1-2-11(9(4-10)6-15)16-7-8(5-14)3-12(16)17/h1-2,4,8H,3,5,7,14H2. The van der Waals surface area contributed by atoms with E-state index in [1.54, 1.807) is 23.1 Å². The van der Waals surface area contributed by atoms with Crippen molar-refractivity contribution >= 4 is 23.2 Å². The number of hydrogen-bond donors (Lipinski definition) is 1. The van der Waals surface area contributed by atoms with Crippen molar-refractivity contribution in [1.82, 2.24) is 0 Å². The first-order valence-corrected chi connectivity index (χ1v) is 5.73. The van der Waals surface area contributed by atoms with Gasteiger partial charge in [-0.3, -0.25) is 4.79 Å². The summed E-state index contributed by atoms with van der Waals surface area (Å²) in [6.45, 7) is 1.06. The lowest BCUT2D eigenvalue weighted by Crippen LogP contribution is -2.26. The normalized spacial score (nSPS) is 19.5. The molecule has 2 rings (SSSR count). The lowest BCUT2D eigenvalue weighted by Gasteiger charge is -2.18. The molecule has 1 aromatic carbocycles. The van der Waals surface area contributed by atoms with Crippen LogP contribution in [0, 0.1) is 17.2 Å². The van der Waals surface area contributed by atoms with Gasteiger partial charge in [0.05, 0.1) is 11.3 Å². The van der Waals surface area contributed by atoms with Gasteiger partial charge in [-0.1, -0.05) is 11.6 Å². The molecule has 1 amide bonds. The number of nitriles is 1. The maximum atomic E-state index is 11.8. The second-order valence-electron chi connectivity index (χ2n) is 4.08. The molecule has 17 heavy (non-hydrogen) atoms. The van der Waals surface area contributed by atoms with E-state index < -0.39 is 0 Å². The Balaban J connectivity index is 2.35. The Hall–Kier alpha value is -1.57. The van der Waals surface area contributed by atoms with E-state index in [2.05, 4.69) is 6.07 Å². The number of halogens is 1. The molecule has 5 heteroatoms. The fourth-order valence-corrected chi connectivity index (χ4v) is 2.18. The first-order chi connectivity index (χ1) is 8.15. The highest BCUT2D eigenvalue weighted by molar-refractivity contribution is 6.30. The molecule has 1 aliphatic rings. The number of rotatable bonds is 2. The minimum absolute atomic E-state index is 0.0132. The largest absolute Gasteiger partial charge is 0.330 e. The zero-order chi connectivity index (χ0) is 12.4. The SMILES string of the molecule is N#Cc1cc(Cl)ccc1N1CC(CN)CC1=O. The number of hydrogen-bond acceptors (Lipinski definition) is 3. The molecule has 2 N–H and O–H groups in total. The lowest BCUT2D eigenvalue weighted by atomic mass is 10.1. The highest BCUT2D eigenvalue weighted by atomic mass is 35.5. The topological polar surface area (TPSA) is 70.1 Å². The van der Waals surface area contributed by atoms with Gasteiger partial charge in [0.1, 0.15) is 6.07 Å². The van der Waals surface area contributed by atoms with Crippen LogP contribution in [-0.2, 0) is 4.79 Å². The van der Waals surface area contributed by atoms with Gasteiger partial charge in [0.2, 0.25) is 5.91 Å². The van der Waals surface area contributed by atoms with Gasteiger partial charge in [-0.25, -0.2) is 0 Å². The molecule has 88 valence electrons. The van der Waals surface area contributed by atoms with E-state index in [4.69, 9.17) is 22.6 Å². The second kappa shape index (κ2) is 4.74. The average molecular weight is 250 g/mol. The number of amides is 1. The Bertz CT molecular complexity index is 495. The van der Waals surface area contributed by atoms with Crippen molar-refractivity contribution in [3.63, 3.8) is 0 Å². The van der Waals surface area contributed by atoms with Crippen LogP contribution in [-0.4, -0.2) is 19.0 Å². The Morgan fingerprint density at radius 2 is 2.35 bits per heavy atom. The van der Waals surface area contributed by atoms with Crippen molar-refractivity contribution in [3.05, 3.63) is 28.8 Å². The smallest absolute Gasteiger partial charge is 0.227 e. The molecule has 1 unspecified atom stereocenters. The van der Waals surface area contributed by atoms with Crippen LogP contribution in [0.4, 0.5) is 5.69 Å². The van der Waals surface area contributed by atoms with Crippen LogP contribution in [0.3, 0.4) is 0 Å². The second-order valence-corrected chi connectivity index (χ2v) is 4.52. The third kappa shape index (κ3) is 2.26. The molecule has 1 fully saturated rings. The van der Waals surface area contributed by atoms with Gasteiger partial charge in [0.25, 0.3) is 0 Å². The van der Waals surface area contributed by atoms with Gasteiger partial charge in [-0.05, 0) is 30.7 Å². The van der Waals surface area contributed by atoms with Crippen LogP contribution in [0.5, 0.6) is 0 Å². The van der Waals surface area contributed by atoms with Crippen molar-refractivity contribution in [2.24, 2.45) is 11.7 Å². The Kier molecular flexibility index (Phi) is 3.32. The van der Waals surface area contributed by atoms with Gasteiger partial charge in [-0.2, -0.15) is 5.26 Å². The summed E-state index contributed by atoms with van der Waals surface area (Å²) in [5.41, 5.74) is 6.61. The van der Waals surface area contributed by atoms with Gasteiger partial charge in [-0.15, -0.1) is 0 Å². The van der Waals surface area contributed by atoms with Gasteiger partial charge < -0.3 is 10.6 Å². The Morgan fingerprint density at radius 1 is 1.59 bits per heavy atom. The quantitative estimate of drug-likeness (QED) is 0.864. The minimum Gasteiger partial charge on any atom is -0.330 e. The molecular formula is C12H12ClN3O. The third-order valence-electron chi connectivity index (χ3n) is 2.91. The third-order valence-corrected chi connectivity index (χ3v) is 3.14. The summed E-state index contributed by atoms with van der Waals surface area (Å²) in [5, 5.41) is 9.53. The molecule has 1 aromatic rings. The van der Waals surface area contributed by atoms with Crippen LogP contribution < -0.4 is 10.6 Å². The zero-order valence-corrected chi connectivity index (χ0v) is 9.94. The van der Waals surface area contributed by atoms with Crippen molar-refractivity contribution in [1.29, 1.82) is 5.26 Å². The highest BCUT2D eigenvalue weighted by Crippen LogP contribution is 2.29. The van der Waals surface area contributed by atoms with Crippen LogP contribution in [0.25, 0.3) is 0 Å². The average Bonchev–Trinajstić information content (AvgIpc) is 2.70. The summed E-state index contributed by atoms with van der Waals surface area (Å²) in [5.74, 6) is 0.184. The predicted molar refractivity (Wildman–Crippen MR) is 65.7 cm³/mol. The maximum Gasteiger partial charge on any atom is 0.227 e. The molecule has 0 spiro atoms. The molecule has 1 atom stereocenters. The van der Waals surface area contributed by atoms with Crippen molar-refractivity contribution in [3.8, 4) is 6.07 Å². The van der Waals surface area contributed by atoms with Crippen molar-refractivity contribution in [2.45, 2.75) is 6.42 Å². The van der Waals surface area contributed by atoms with E-state index in [9.17, 15) is 4.79 Å². The molecule has 1 aliphatic heterocycles. The summed E-state index contributed by atoms with van der Waals surface area (Å²) in [7, 11) is 0. The summed E-state index contributed by atoms with van der Waals surface area (Å²) < 4.78 is 0. The fourth-order valence-electron chi connectivity index (χ4n) is 2.01. The molecule has 1 saturated heterocycles. The van der Waals surface area contributed by atoms with E-state index in [0.717, 1.165) is 0 Å². The minimum atomic E-state index is 0.0132. The van der Waals surface area contributed by atoms with Crippen LogP contribution >= 0.6 is 11.6 Å². The highest BCUT2D eigenvalue weighted by Gasteiger charge is 2.30. The number of carbonyl (C=O) groups is 1. The molecular weight excluding hydrogens is 238 g/mol. The Morgan fingerprint density at radius 3 is 2.94 bits per heavy atom. The molecule has 0 aliphatic carbocycles. The summed E-state index contributed by atoms with van der Waals surface area (Å²) in [6.07, 6.45) is 0.448. The van der Waals surface area contributed by atoms with Crippen molar-refractivity contribution in [2.75, 3.05) is 18.0 Å². The van der Waals surface area contributed by atoms with Crippen LogP contribution in [0.2, 0.25) is 5.02 Å². The first-order valence-electron chi connectivity index (χ1n) is 5.35. The lowest BCUT2D eigenvalue weighted by molar-refractivity contribution is -0.117. The number of carbonyl (C=O) groups excluding carboxylic acids is 1. The monoisotopic (exact) mass is 249 g/mol. The predicted octanol–water partition coefficient (Wildman–Crippen LogP) is 1.52. The number of nitrogens with two attached hydrogens (primary N) is 1. The zero-order valence-electron chi connectivity index (χ0n) is 9.19. The number of nitrogens with zero attached hydrogens (tertiary/aromatic N) is 2. The number of benzene rings is 1. The van der Waals surface area contributed by atoms with Gasteiger partial charge >= 0.3 is 0 Å². The fraction of sp³-hybridized carbons (Fsp3) is 0.333. The molecule has 0 bridgehead atoms. The maximum absolute atomic E-state index is 11.8. The van der Waals surface area contributed by atoms with E-state index in [1.807, 2.05) is 0 Å². The van der Waals surface area contributed by atoms with Gasteiger partial charge in [0.15, 0.2) is 0 Å². The summed E-state index contributed by atoms with van der Waals surface area (Å²) in [6, 6.07) is 7.01. The molecule has 0 radical (unpaired) electrons.